The molecule has 1 aliphatic carbocycles. The van der Waals surface area contributed by atoms with Gasteiger partial charge >= 0.3 is 0 Å². The lowest BCUT2D eigenvalue weighted by Gasteiger charge is -2.47. The zero-order valence-electron chi connectivity index (χ0n) is 12.0. The van der Waals surface area contributed by atoms with Crippen molar-refractivity contribution in [2.45, 2.75) is 39.0 Å². The maximum atomic E-state index is 14.0. The van der Waals surface area contributed by atoms with Gasteiger partial charge in [0.05, 0.1) is 0 Å². The minimum Gasteiger partial charge on any atom is -0.316 e. The molecule has 1 N–H and O–H groups in total. The van der Waals surface area contributed by atoms with Crippen molar-refractivity contribution >= 4 is 0 Å². The molecule has 1 fully saturated rings. The van der Waals surface area contributed by atoms with Crippen molar-refractivity contribution in [3.05, 3.63) is 35.4 Å². The Balaban J connectivity index is 2.15. The number of hydrogen-bond acceptors (Lipinski definition) is 1. The van der Waals surface area contributed by atoms with Crippen molar-refractivity contribution in [2.75, 3.05) is 13.1 Å². The molecule has 1 aliphatic rings. The average molecular weight is 267 g/mol. The summed E-state index contributed by atoms with van der Waals surface area (Å²) in [6.45, 7) is 8.20. The third-order valence-electron chi connectivity index (χ3n) is 4.00. The predicted octanol–water partition coefficient (Wildman–Crippen LogP) is 3.88. The summed E-state index contributed by atoms with van der Waals surface area (Å²) in [5.74, 6) is 0.287. The molecule has 106 valence electrons. The fourth-order valence-electron chi connectivity index (χ4n) is 3.25. The Morgan fingerprint density at radius 2 is 2.00 bits per heavy atom. The molecule has 1 saturated carbocycles. The second-order valence-corrected chi connectivity index (χ2v) is 6.44. The highest BCUT2D eigenvalue weighted by Crippen LogP contribution is 2.48. The molecule has 0 amide bonds. The second kappa shape index (κ2) is 5.58. The molecule has 0 bridgehead atoms. The Kier molecular flexibility index (Phi) is 4.24. The predicted molar refractivity (Wildman–Crippen MR) is 74.1 cm³/mol. The summed E-state index contributed by atoms with van der Waals surface area (Å²) >= 11 is 0. The average Bonchev–Trinajstić information content (AvgIpc) is 2.25. The standard InChI is InChI=1S/C16H23F2N/c1-11(2)9-19-10-16(7-12(3)8-16)14-5-4-13(17)6-15(14)18/h4-6,11-12,19H,7-10H2,1-3H3. The highest BCUT2D eigenvalue weighted by atomic mass is 19.1. The van der Waals surface area contributed by atoms with Gasteiger partial charge in [0, 0.05) is 18.0 Å². The molecule has 0 saturated heterocycles. The number of nitrogens with one attached hydrogen (secondary N) is 1. The van der Waals surface area contributed by atoms with E-state index in [0.29, 0.717) is 17.4 Å². The van der Waals surface area contributed by atoms with Crippen molar-refractivity contribution in [3.8, 4) is 0 Å². The smallest absolute Gasteiger partial charge is 0.129 e. The van der Waals surface area contributed by atoms with Crippen LogP contribution in [-0.2, 0) is 5.41 Å². The van der Waals surface area contributed by atoms with E-state index in [1.807, 2.05) is 0 Å². The summed E-state index contributed by atoms with van der Waals surface area (Å²) in [5.41, 5.74) is 0.523. The van der Waals surface area contributed by atoms with Crippen LogP contribution in [0.3, 0.4) is 0 Å². The van der Waals surface area contributed by atoms with E-state index in [0.717, 1.165) is 32.0 Å². The van der Waals surface area contributed by atoms with Gasteiger partial charge in [-0.1, -0.05) is 26.8 Å². The molecule has 0 radical (unpaired) electrons. The van der Waals surface area contributed by atoms with E-state index in [9.17, 15) is 8.78 Å². The van der Waals surface area contributed by atoms with Gasteiger partial charge in [0.25, 0.3) is 0 Å². The van der Waals surface area contributed by atoms with Crippen LogP contribution in [0.5, 0.6) is 0 Å². The van der Waals surface area contributed by atoms with Gasteiger partial charge in [-0.2, -0.15) is 0 Å². The molecule has 0 aliphatic heterocycles. The molecule has 1 aromatic carbocycles. The molecule has 2 rings (SSSR count). The van der Waals surface area contributed by atoms with Crippen LogP contribution in [-0.4, -0.2) is 13.1 Å². The minimum atomic E-state index is -0.501. The summed E-state index contributed by atoms with van der Waals surface area (Å²) < 4.78 is 27.0. The summed E-state index contributed by atoms with van der Waals surface area (Å²) in [5, 5.41) is 3.43. The van der Waals surface area contributed by atoms with Gasteiger partial charge in [-0.25, -0.2) is 8.78 Å². The Morgan fingerprint density at radius 1 is 1.32 bits per heavy atom. The van der Waals surface area contributed by atoms with Crippen molar-refractivity contribution < 1.29 is 8.78 Å². The number of benzene rings is 1. The van der Waals surface area contributed by atoms with Crippen LogP contribution in [0.15, 0.2) is 18.2 Å². The van der Waals surface area contributed by atoms with Crippen LogP contribution in [0.4, 0.5) is 8.78 Å². The lowest BCUT2D eigenvalue weighted by molar-refractivity contribution is 0.146. The Labute approximate surface area is 114 Å². The van der Waals surface area contributed by atoms with Crippen molar-refractivity contribution in [3.63, 3.8) is 0 Å². The minimum absolute atomic E-state index is 0.147. The van der Waals surface area contributed by atoms with E-state index in [4.69, 9.17) is 0 Å². The third kappa shape index (κ3) is 3.14. The zero-order valence-corrected chi connectivity index (χ0v) is 12.0. The first kappa shape index (κ1) is 14.4. The van der Waals surface area contributed by atoms with E-state index < -0.39 is 11.6 Å². The largest absolute Gasteiger partial charge is 0.316 e. The van der Waals surface area contributed by atoms with Gasteiger partial charge in [0.15, 0.2) is 0 Å². The van der Waals surface area contributed by atoms with Crippen molar-refractivity contribution in [1.29, 1.82) is 0 Å². The van der Waals surface area contributed by atoms with Gasteiger partial charge < -0.3 is 5.32 Å². The normalized spacial score (nSPS) is 26.5. The maximum Gasteiger partial charge on any atom is 0.129 e. The molecule has 0 heterocycles. The molecule has 3 heteroatoms. The first-order valence-electron chi connectivity index (χ1n) is 7.09. The van der Waals surface area contributed by atoms with E-state index in [2.05, 4.69) is 26.1 Å². The lowest BCUT2D eigenvalue weighted by atomic mass is 9.59. The zero-order chi connectivity index (χ0) is 14.0. The molecule has 0 unspecified atom stereocenters. The molecule has 19 heavy (non-hydrogen) atoms. The van der Waals surface area contributed by atoms with Gasteiger partial charge in [-0.15, -0.1) is 0 Å². The number of halogens is 2. The molecular formula is C16H23F2N. The topological polar surface area (TPSA) is 12.0 Å². The fraction of sp³-hybridized carbons (Fsp3) is 0.625. The van der Waals surface area contributed by atoms with Gasteiger partial charge in [-0.05, 0) is 42.9 Å². The summed E-state index contributed by atoms with van der Waals surface area (Å²) in [4.78, 5) is 0. The number of rotatable bonds is 5. The first-order valence-corrected chi connectivity index (χ1v) is 7.09. The van der Waals surface area contributed by atoms with Crippen molar-refractivity contribution in [1.82, 2.24) is 5.32 Å². The lowest BCUT2D eigenvalue weighted by Crippen LogP contribution is -2.49. The summed E-state index contributed by atoms with van der Waals surface area (Å²) in [7, 11) is 0. The summed E-state index contributed by atoms with van der Waals surface area (Å²) in [6.07, 6.45) is 1.95. The van der Waals surface area contributed by atoms with Crippen LogP contribution in [0.25, 0.3) is 0 Å². The third-order valence-corrected chi connectivity index (χ3v) is 4.00. The fourth-order valence-corrected chi connectivity index (χ4v) is 3.25. The summed E-state index contributed by atoms with van der Waals surface area (Å²) in [6, 6.07) is 3.99. The highest BCUT2D eigenvalue weighted by molar-refractivity contribution is 5.31. The Morgan fingerprint density at radius 3 is 2.53 bits per heavy atom. The maximum absolute atomic E-state index is 14.0. The van der Waals surface area contributed by atoms with Crippen LogP contribution in [0.1, 0.15) is 39.2 Å². The highest BCUT2D eigenvalue weighted by Gasteiger charge is 2.44. The van der Waals surface area contributed by atoms with E-state index in [-0.39, 0.29) is 5.41 Å². The van der Waals surface area contributed by atoms with Gasteiger partial charge in [0.1, 0.15) is 11.6 Å². The van der Waals surface area contributed by atoms with Crippen LogP contribution < -0.4 is 5.32 Å². The van der Waals surface area contributed by atoms with Gasteiger partial charge in [0.2, 0.25) is 0 Å². The molecule has 1 aromatic rings. The molecule has 0 spiro atoms. The van der Waals surface area contributed by atoms with E-state index in [1.165, 1.54) is 6.07 Å². The monoisotopic (exact) mass is 267 g/mol. The SMILES string of the molecule is CC(C)CNCC1(c2ccc(F)cc2F)CC(C)C1. The van der Waals surface area contributed by atoms with E-state index in [1.54, 1.807) is 6.07 Å². The van der Waals surface area contributed by atoms with Crippen molar-refractivity contribution in [2.24, 2.45) is 11.8 Å². The second-order valence-electron chi connectivity index (χ2n) is 6.44. The van der Waals surface area contributed by atoms with Crippen LogP contribution >= 0.6 is 0 Å². The van der Waals surface area contributed by atoms with Crippen LogP contribution in [0.2, 0.25) is 0 Å². The molecular weight excluding hydrogens is 244 g/mol. The first-order chi connectivity index (χ1) is 8.93. The molecule has 0 atom stereocenters. The molecule has 0 aromatic heterocycles. The quantitative estimate of drug-likeness (QED) is 0.853. The van der Waals surface area contributed by atoms with Gasteiger partial charge in [-0.3, -0.25) is 0 Å². The molecule has 1 nitrogen and oxygen atoms in total. The van der Waals surface area contributed by atoms with E-state index >= 15 is 0 Å². The van der Waals surface area contributed by atoms with Crippen LogP contribution in [0, 0.1) is 23.5 Å². The Bertz CT molecular complexity index is 436. The Hall–Kier alpha value is -0.960. The number of hydrogen-bond donors (Lipinski definition) is 1.